The quantitative estimate of drug-likeness (QED) is 0.805. The third kappa shape index (κ3) is 2.26. The standard InChI is InChI=1S/C16H23N5O/c1-10-4-5-13-14(6-10)19-16-17-9-18-21(16)15(13)20-7-11(2)22-12(3)8-20/h9-12H,4-8H2,1-3H3/t10-,11-,12-/m1/s1. The van der Waals surface area contributed by atoms with Gasteiger partial charge in [-0.15, -0.1) is 0 Å². The van der Waals surface area contributed by atoms with Gasteiger partial charge in [0.2, 0.25) is 0 Å². The van der Waals surface area contributed by atoms with Crippen molar-refractivity contribution in [2.75, 3.05) is 18.0 Å². The number of fused-ring (bicyclic) bond motifs is 2. The van der Waals surface area contributed by atoms with E-state index in [0.717, 1.165) is 31.7 Å². The topological polar surface area (TPSA) is 55.5 Å². The van der Waals surface area contributed by atoms with Gasteiger partial charge in [-0.25, -0.2) is 4.98 Å². The van der Waals surface area contributed by atoms with Crippen molar-refractivity contribution in [3.63, 3.8) is 0 Å². The summed E-state index contributed by atoms with van der Waals surface area (Å²) in [4.78, 5) is 11.5. The number of hydrogen-bond donors (Lipinski definition) is 0. The molecule has 0 aromatic carbocycles. The molecule has 22 heavy (non-hydrogen) atoms. The van der Waals surface area contributed by atoms with Crippen LogP contribution in [0.3, 0.4) is 0 Å². The lowest BCUT2D eigenvalue weighted by Crippen LogP contribution is -2.47. The van der Waals surface area contributed by atoms with E-state index in [1.807, 2.05) is 4.52 Å². The highest BCUT2D eigenvalue weighted by Gasteiger charge is 2.30. The smallest absolute Gasteiger partial charge is 0.254 e. The SMILES string of the molecule is C[C@@H]1CCc2c(nc3ncnn3c2N2C[C@@H](C)O[C@H](C)C2)C1. The molecule has 3 heterocycles. The summed E-state index contributed by atoms with van der Waals surface area (Å²) in [6.07, 6.45) is 5.41. The zero-order valence-corrected chi connectivity index (χ0v) is 13.5. The molecule has 0 bridgehead atoms. The van der Waals surface area contributed by atoms with Crippen molar-refractivity contribution < 1.29 is 4.74 Å². The van der Waals surface area contributed by atoms with Crippen LogP contribution in [0.15, 0.2) is 6.33 Å². The van der Waals surface area contributed by atoms with Crippen LogP contribution in [-0.4, -0.2) is 44.9 Å². The number of nitrogens with zero attached hydrogens (tertiary/aromatic N) is 5. The zero-order valence-electron chi connectivity index (χ0n) is 13.5. The molecule has 6 heteroatoms. The Balaban J connectivity index is 1.86. The minimum Gasteiger partial charge on any atom is -0.372 e. The van der Waals surface area contributed by atoms with Gasteiger partial charge >= 0.3 is 0 Å². The fourth-order valence-corrected chi connectivity index (χ4v) is 3.83. The molecule has 1 saturated heterocycles. The molecule has 1 aliphatic carbocycles. The summed E-state index contributed by atoms with van der Waals surface area (Å²) in [5.41, 5.74) is 2.57. The van der Waals surface area contributed by atoms with Crippen LogP contribution < -0.4 is 4.90 Å². The average molecular weight is 301 g/mol. The summed E-state index contributed by atoms with van der Waals surface area (Å²) < 4.78 is 7.81. The second-order valence-corrected chi connectivity index (χ2v) is 6.84. The summed E-state index contributed by atoms with van der Waals surface area (Å²) in [7, 11) is 0. The summed E-state index contributed by atoms with van der Waals surface area (Å²) in [5.74, 6) is 2.60. The molecular formula is C16H23N5O. The molecule has 1 aliphatic heterocycles. The van der Waals surface area contributed by atoms with Gasteiger partial charge in [-0.3, -0.25) is 0 Å². The van der Waals surface area contributed by atoms with E-state index in [-0.39, 0.29) is 12.2 Å². The van der Waals surface area contributed by atoms with Crippen molar-refractivity contribution in [2.24, 2.45) is 5.92 Å². The van der Waals surface area contributed by atoms with Gasteiger partial charge in [0.25, 0.3) is 5.78 Å². The van der Waals surface area contributed by atoms with E-state index in [1.54, 1.807) is 6.33 Å². The highest BCUT2D eigenvalue weighted by Crippen LogP contribution is 2.33. The Morgan fingerprint density at radius 3 is 2.73 bits per heavy atom. The van der Waals surface area contributed by atoms with Crippen molar-refractivity contribution in [3.05, 3.63) is 17.6 Å². The molecule has 6 nitrogen and oxygen atoms in total. The Bertz CT molecular complexity index is 687. The van der Waals surface area contributed by atoms with E-state index >= 15 is 0 Å². The molecule has 1 fully saturated rings. The van der Waals surface area contributed by atoms with Gasteiger partial charge in [-0.2, -0.15) is 14.6 Å². The minimum absolute atomic E-state index is 0.230. The third-order valence-electron chi connectivity index (χ3n) is 4.73. The number of anilines is 1. The van der Waals surface area contributed by atoms with Crippen LogP contribution in [0.5, 0.6) is 0 Å². The van der Waals surface area contributed by atoms with Crippen LogP contribution in [0.1, 0.15) is 38.4 Å². The fourth-order valence-electron chi connectivity index (χ4n) is 3.83. The van der Waals surface area contributed by atoms with E-state index in [0.29, 0.717) is 5.92 Å². The Hall–Kier alpha value is -1.69. The first-order valence-corrected chi connectivity index (χ1v) is 8.23. The maximum atomic E-state index is 5.89. The Morgan fingerprint density at radius 2 is 1.95 bits per heavy atom. The van der Waals surface area contributed by atoms with Crippen LogP contribution in [0.2, 0.25) is 0 Å². The number of aromatic nitrogens is 4. The van der Waals surface area contributed by atoms with Gasteiger partial charge in [0.1, 0.15) is 12.1 Å². The fraction of sp³-hybridized carbons (Fsp3) is 0.688. The molecular weight excluding hydrogens is 278 g/mol. The Morgan fingerprint density at radius 1 is 1.18 bits per heavy atom. The lowest BCUT2D eigenvalue weighted by molar-refractivity contribution is -0.00564. The first kappa shape index (κ1) is 13.9. The molecule has 2 aromatic rings. The average Bonchev–Trinajstić information content (AvgIpc) is 2.91. The number of hydrogen-bond acceptors (Lipinski definition) is 5. The first-order valence-electron chi connectivity index (χ1n) is 8.23. The first-order chi connectivity index (χ1) is 10.6. The predicted molar refractivity (Wildman–Crippen MR) is 84.2 cm³/mol. The van der Waals surface area contributed by atoms with E-state index in [1.165, 1.54) is 23.5 Å². The normalized spacial score (nSPS) is 28.9. The van der Waals surface area contributed by atoms with Crippen LogP contribution in [-0.2, 0) is 17.6 Å². The van der Waals surface area contributed by atoms with E-state index in [4.69, 9.17) is 9.72 Å². The van der Waals surface area contributed by atoms with Crippen molar-refractivity contribution >= 4 is 11.6 Å². The largest absolute Gasteiger partial charge is 0.372 e. The lowest BCUT2D eigenvalue weighted by Gasteiger charge is -2.38. The van der Waals surface area contributed by atoms with Crippen LogP contribution in [0.4, 0.5) is 5.82 Å². The number of rotatable bonds is 1. The molecule has 4 rings (SSSR count). The molecule has 0 spiro atoms. The highest BCUT2D eigenvalue weighted by atomic mass is 16.5. The predicted octanol–water partition coefficient (Wildman–Crippen LogP) is 1.86. The lowest BCUT2D eigenvalue weighted by atomic mass is 9.88. The molecule has 0 saturated carbocycles. The van der Waals surface area contributed by atoms with Gasteiger partial charge in [0, 0.05) is 18.7 Å². The van der Waals surface area contributed by atoms with Gasteiger partial charge in [0.05, 0.1) is 17.9 Å². The summed E-state index contributed by atoms with van der Waals surface area (Å²) >= 11 is 0. The molecule has 0 unspecified atom stereocenters. The van der Waals surface area contributed by atoms with Gasteiger partial charge in [-0.05, 0) is 39.0 Å². The maximum Gasteiger partial charge on any atom is 0.254 e. The van der Waals surface area contributed by atoms with E-state index in [2.05, 4.69) is 35.8 Å². The Kier molecular flexibility index (Phi) is 3.29. The summed E-state index contributed by atoms with van der Waals surface area (Å²) in [6.45, 7) is 8.36. The van der Waals surface area contributed by atoms with E-state index in [9.17, 15) is 0 Å². The summed E-state index contributed by atoms with van der Waals surface area (Å²) in [6, 6.07) is 0. The number of morpholine rings is 1. The maximum absolute atomic E-state index is 5.89. The van der Waals surface area contributed by atoms with Crippen molar-refractivity contribution in [1.29, 1.82) is 0 Å². The van der Waals surface area contributed by atoms with E-state index < -0.39 is 0 Å². The second-order valence-electron chi connectivity index (χ2n) is 6.84. The van der Waals surface area contributed by atoms with Crippen LogP contribution in [0.25, 0.3) is 5.78 Å². The Labute approximate surface area is 130 Å². The second kappa shape index (κ2) is 5.19. The van der Waals surface area contributed by atoms with Crippen molar-refractivity contribution in [1.82, 2.24) is 19.6 Å². The molecule has 2 aliphatic rings. The van der Waals surface area contributed by atoms with Gasteiger partial charge in [-0.1, -0.05) is 6.92 Å². The zero-order chi connectivity index (χ0) is 15.3. The van der Waals surface area contributed by atoms with Crippen LogP contribution in [0, 0.1) is 5.92 Å². The molecule has 3 atom stereocenters. The van der Waals surface area contributed by atoms with Crippen LogP contribution >= 0.6 is 0 Å². The number of ether oxygens (including phenoxy) is 1. The third-order valence-corrected chi connectivity index (χ3v) is 4.73. The molecule has 2 aromatic heterocycles. The molecule has 0 amide bonds. The van der Waals surface area contributed by atoms with Gasteiger partial charge in [0.15, 0.2) is 0 Å². The molecule has 0 radical (unpaired) electrons. The molecule has 118 valence electrons. The molecule has 0 N–H and O–H groups in total. The summed E-state index contributed by atoms with van der Waals surface area (Å²) in [5, 5.41) is 4.43. The minimum atomic E-state index is 0.230. The highest BCUT2D eigenvalue weighted by molar-refractivity contribution is 5.56. The van der Waals surface area contributed by atoms with Gasteiger partial charge < -0.3 is 9.64 Å². The van der Waals surface area contributed by atoms with Crippen molar-refractivity contribution in [2.45, 2.75) is 52.2 Å². The monoisotopic (exact) mass is 301 g/mol. The van der Waals surface area contributed by atoms with Crippen molar-refractivity contribution in [3.8, 4) is 0 Å².